The predicted molar refractivity (Wildman–Crippen MR) is 121 cm³/mol. The fraction of sp³-hybridized carbons (Fsp3) is 0.522. The average molecular weight is 425 g/mol. The molecule has 0 aromatic carbocycles. The average Bonchev–Trinajstić information content (AvgIpc) is 3.34. The van der Waals surface area contributed by atoms with Crippen molar-refractivity contribution in [1.82, 2.24) is 19.6 Å². The van der Waals surface area contributed by atoms with E-state index in [4.69, 9.17) is 20.4 Å². The Balaban J connectivity index is 0.00000231. The minimum absolute atomic E-state index is 0. The Hall–Kier alpha value is -2.55. The van der Waals surface area contributed by atoms with Gasteiger partial charge in [0.1, 0.15) is 5.69 Å². The molecule has 3 N–H and O–H groups in total. The van der Waals surface area contributed by atoms with Crippen molar-refractivity contribution in [3.8, 4) is 11.3 Å². The van der Waals surface area contributed by atoms with Crippen molar-refractivity contribution >= 4 is 11.3 Å². The molecule has 1 spiro atoms. The van der Waals surface area contributed by atoms with E-state index in [-0.39, 0.29) is 31.6 Å². The number of rotatable bonds is 3. The highest BCUT2D eigenvalue weighted by Gasteiger charge is 2.47. The summed E-state index contributed by atoms with van der Waals surface area (Å²) in [5.41, 5.74) is 10.7. The molecule has 2 fully saturated rings. The number of aliphatic hydroxyl groups is 1. The summed E-state index contributed by atoms with van der Waals surface area (Å²) in [5.74, 6) is 0.777. The molecule has 0 radical (unpaired) electrons. The van der Waals surface area contributed by atoms with Crippen LogP contribution in [0.2, 0.25) is 0 Å². The Morgan fingerprint density at radius 3 is 2.71 bits per heavy atom. The lowest BCUT2D eigenvalue weighted by Gasteiger charge is -2.42. The van der Waals surface area contributed by atoms with Gasteiger partial charge in [0.2, 0.25) is 0 Å². The number of aryl methyl sites for hydroxylation is 1. The zero-order valence-corrected chi connectivity index (χ0v) is 17.5. The van der Waals surface area contributed by atoms with Gasteiger partial charge < -0.3 is 20.5 Å². The van der Waals surface area contributed by atoms with Crippen LogP contribution in [-0.2, 0) is 11.3 Å². The first-order chi connectivity index (χ1) is 14.5. The van der Waals surface area contributed by atoms with E-state index < -0.39 is 0 Å². The van der Waals surface area contributed by atoms with E-state index in [9.17, 15) is 5.11 Å². The summed E-state index contributed by atoms with van der Waals surface area (Å²) >= 11 is 0. The molecule has 31 heavy (non-hydrogen) atoms. The molecule has 3 aromatic rings. The Bertz CT molecular complexity index is 1070. The van der Waals surface area contributed by atoms with Gasteiger partial charge in [-0.15, -0.1) is 0 Å². The molecule has 8 nitrogen and oxygen atoms in total. The molecular formula is C23H32N6O2. The second kappa shape index (κ2) is 8.18. The zero-order valence-electron chi connectivity index (χ0n) is 17.5. The maximum Gasteiger partial charge on any atom is 0.153 e. The van der Waals surface area contributed by atoms with Gasteiger partial charge in [-0.2, -0.15) is 5.10 Å². The first-order valence-corrected chi connectivity index (χ1v) is 10.5. The Morgan fingerprint density at radius 1 is 1.26 bits per heavy atom. The number of ether oxygens (including phenoxy) is 1. The quantitative estimate of drug-likeness (QED) is 0.666. The van der Waals surface area contributed by atoms with Crippen molar-refractivity contribution in [2.24, 2.45) is 11.1 Å². The lowest BCUT2D eigenvalue weighted by molar-refractivity contribution is 0.0973. The number of hydrogen-bond donors (Lipinski definition) is 2. The third-order valence-corrected chi connectivity index (χ3v) is 6.85. The second-order valence-electron chi connectivity index (χ2n) is 8.59. The van der Waals surface area contributed by atoms with Crippen LogP contribution in [0.15, 0.2) is 30.6 Å². The van der Waals surface area contributed by atoms with Crippen LogP contribution in [0.1, 0.15) is 38.6 Å². The zero-order chi connectivity index (χ0) is 20.9. The molecule has 0 aliphatic carbocycles. The molecule has 3 aromatic heterocycles. The largest absolute Gasteiger partial charge is 0.390 e. The van der Waals surface area contributed by atoms with E-state index in [0.29, 0.717) is 5.69 Å². The van der Waals surface area contributed by atoms with Crippen LogP contribution in [0.25, 0.3) is 16.8 Å². The molecule has 0 amide bonds. The minimum Gasteiger partial charge on any atom is -0.390 e. The first kappa shape index (κ1) is 21.7. The van der Waals surface area contributed by atoms with Gasteiger partial charge in [0.15, 0.2) is 5.82 Å². The van der Waals surface area contributed by atoms with Crippen LogP contribution >= 0.6 is 0 Å². The van der Waals surface area contributed by atoms with Crippen molar-refractivity contribution in [2.45, 2.75) is 52.9 Å². The summed E-state index contributed by atoms with van der Waals surface area (Å²) < 4.78 is 7.65. The van der Waals surface area contributed by atoms with Gasteiger partial charge in [-0.25, -0.2) is 14.5 Å². The third-order valence-electron chi connectivity index (χ3n) is 6.85. The topological polar surface area (TPSA) is 102 Å². The van der Waals surface area contributed by atoms with E-state index in [2.05, 4.69) is 16.9 Å². The number of pyridine rings is 1. The van der Waals surface area contributed by atoms with Crippen LogP contribution in [0.3, 0.4) is 0 Å². The number of fused-ring (bicyclic) bond motifs is 1. The number of nitrogens with zero attached hydrogens (tertiary/aromatic N) is 5. The second-order valence-corrected chi connectivity index (χ2v) is 8.59. The van der Waals surface area contributed by atoms with Crippen molar-refractivity contribution in [2.75, 3.05) is 24.6 Å². The summed E-state index contributed by atoms with van der Waals surface area (Å²) in [7, 11) is 0. The maximum atomic E-state index is 10.0. The highest BCUT2D eigenvalue weighted by atomic mass is 16.5. The Labute approximate surface area is 183 Å². The van der Waals surface area contributed by atoms with E-state index >= 15 is 0 Å². The molecule has 166 valence electrons. The number of piperidine rings is 1. The highest BCUT2D eigenvalue weighted by molar-refractivity contribution is 5.68. The Morgan fingerprint density at radius 2 is 2.03 bits per heavy atom. The van der Waals surface area contributed by atoms with E-state index in [1.165, 1.54) is 0 Å². The number of hydrogen-bond acceptors (Lipinski definition) is 7. The van der Waals surface area contributed by atoms with E-state index in [1.807, 2.05) is 35.8 Å². The predicted octanol–water partition coefficient (Wildman–Crippen LogP) is 2.56. The summed E-state index contributed by atoms with van der Waals surface area (Å²) in [4.78, 5) is 11.9. The number of nitrogens with two attached hydrogens (primary N) is 1. The monoisotopic (exact) mass is 424 g/mol. The van der Waals surface area contributed by atoms with Gasteiger partial charge in [0.05, 0.1) is 36.2 Å². The van der Waals surface area contributed by atoms with Gasteiger partial charge in [0, 0.05) is 42.5 Å². The number of aromatic nitrogens is 4. The fourth-order valence-electron chi connectivity index (χ4n) is 4.88. The van der Waals surface area contributed by atoms with Crippen LogP contribution < -0.4 is 10.6 Å². The summed E-state index contributed by atoms with van der Waals surface area (Å²) in [5, 5.41) is 14.3. The van der Waals surface area contributed by atoms with Gasteiger partial charge in [-0.3, -0.25) is 0 Å². The molecule has 8 heteroatoms. The molecule has 0 unspecified atom stereocenters. The molecular weight excluding hydrogens is 392 g/mol. The van der Waals surface area contributed by atoms with Gasteiger partial charge in [-0.05, 0) is 44.9 Å². The van der Waals surface area contributed by atoms with Crippen LogP contribution in [0, 0.1) is 12.3 Å². The highest BCUT2D eigenvalue weighted by Crippen LogP contribution is 2.42. The summed E-state index contributed by atoms with van der Waals surface area (Å²) in [6.45, 7) is 6.30. The maximum absolute atomic E-state index is 10.0. The van der Waals surface area contributed by atoms with Crippen molar-refractivity contribution in [3.05, 3.63) is 42.0 Å². The summed E-state index contributed by atoms with van der Waals surface area (Å²) in [6, 6.07) is 6.05. The van der Waals surface area contributed by atoms with Crippen LogP contribution in [0.5, 0.6) is 0 Å². The lowest BCUT2D eigenvalue weighted by Crippen LogP contribution is -2.51. The number of anilines is 1. The van der Waals surface area contributed by atoms with Gasteiger partial charge >= 0.3 is 0 Å². The molecule has 2 saturated heterocycles. The van der Waals surface area contributed by atoms with Crippen molar-refractivity contribution < 1.29 is 9.84 Å². The lowest BCUT2D eigenvalue weighted by atomic mass is 9.73. The van der Waals surface area contributed by atoms with E-state index in [0.717, 1.165) is 60.8 Å². The standard InChI is InChI=1S/C22H28N6O2.CH4/c1-14-19(16-4-8-28-17(11-16)3-7-24-28)26-18(12-29)21(25-14)27-9-5-22(6-10-27)13-30-15(2)20(22)23;/h3-4,7-8,11,15,20,29H,5-6,9-10,12-13,23H2,1-2H3;1H4/t15-,20+;/m0./s1. The molecule has 0 bridgehead atoms. The van der Waals surface area contributed by atoms with Crippen molar-refractivity contribution in [3.63, 3.8) is 0 Å². The molecule has 5 heterocycles. The van der Waals surface area contributed by atoms with Gasteiger partial charge in [0.25, 0.3) is 0 Å². The van der Waals surface area contributed by atoms with Crippen molar-refractivity contribution in [1.29, 1.82) is 0 Å². The SMILES string of the molecule is C.Cc1nc(N2CCC3(CC2)CO[C@@H](C)[C@H]3N)c(CO)nc1-c1ccn2nccc2c1. The van der Waals surface area contributed by atoms with Crippen LogP contribution in [-0.4, -0.2) is 56.5 Å². The molecule has 5 rings (SSSR count). The molecule has 2 aliphatic heterocycles. The third kappa shape index (κ3) is 3.58. The first-order valence-electron chi connectivity index (χ1n) is 10.5. The van der Waals surface area contributed by atoms with E-state index in [1.54, 1.807) is 6.20 Å². The van der Waals surface area contributed by atoms with Gasteiger partial charge in [-0.1, -0.05) is 7.43 Å². The molecule has 0 saturated carbocycles. The summed E-state index contributed by atoms with van der Waals surface area (Å²) in [6.07, 6.45) is 5.72. The Kier molecular flexibility index (Phi) is 5.72. The number of aliphatic hydroxyl groups excluding tert-OH is 1. The molecule has 2 atom stereocenters. The minimum atomic E-state index is -0.147. The fourth-order valence-corrected chi connectivity index (χ4v) is 4.88. The molecule has 2 aliphatic rings. The van der Waals surface area contributed by atoms with Crippen LogP contribution in [0.4, 0.5) is 5.82 Å². The smallest absolute Gasteiger partial charge is 0.153 e. The normalized spacial score (nSPS) is 22.8.